The van der Waals surface area contributed by atoms with Crippen molar-refractivity contribution in [3.05, 3.63) is 12.2 Å². The quantitative estimate of drug-likeness (QED) is 0.396. The van der Waals surface area contributed by atoms with Crippen LogP contribution in [0.1, 0.15) is 32.6 Å². The van der Waals surface area contributed by atoms with Gasteiger partial charge in [0.05, 0.1) is 6.67 Å². The first kappa shape index (κ1) is 8.67. The van der Waals surface area contributed by atoms with Gasteiger partial charge in [-0.25, -0.2) is 0 Å². The molecule has 0 fully saturated rings. The van der Waals surface area contributed by atoms with Gasteiger partial charge in [-0.1, -0.05) is 19.1 Å². The SMILES string of the molecule is CC/C=C/CCCCF. The molecule has 0 atom stereocenters. The summed E-state index contributed by atoms with van der Waals surface area (Å²) < 4.78 is 11.5. The zero-order valence-electron chi connectivity index (χ0n) is 6.07. The first-order valence-corrected chi connectivity index (χ1v) is 3.62. The molecule has 1 heteroatoms. The molecule has 0 aromatic rings. The lowest BCUT2D eigenvalue weighted by molar-refractivity contribution is 0.463. The van der Waals surface area contributed by atoms with E-state index in [4.69, 9.17) is 0 Å². The van der Waals surface area contributed by atoms with Gasteiger partial charge < -0.3 is 0 Å². The number of hydrogen-bond donors (Lipinski definition) is 0. The van der Waals surface area contributed by atoms with Crippen molar-refractivity contribution in [1.29, 1.82) is 0 Å². The number of alkyl halides is 1. The minimum atomic E-state index is -0.167. The molecule has 0 aliphatic carbocycles. The van der Waals surface area contributed by atoms with Crippen LogP contribution in [0.2, 0.25) is 0 Å². The molecular formula is C8H15F. The highest BCUT2D eigenvalue weighted by Crippen LogP contribution is 1.96. The third-order valence-corrected chi connectivity index (χ3v) is 1.16. The second-order valence-corrected chi connectivity index (χ2v) is 2.06. The molecule has 54 valence electrons. The van der Waals surface area contributed by atoms with Gasteiger partial charge >= 0.3 is 0 Å². The monoisotopic (exact) mass is 130 g/mol. The zero-order chi connectivity index (χ0) is 6.95. The maximum absolute atomic E-state index is 11.5. The van der Waals surface area contributed by atoms with Crippen molar-refractivity contribution >= 4 is 0 Å². The maximum atomic E-state index is 11.5. The topological polar surface area (TPSA) is 0 Å². The van der Waals surface area contributed by atoms with E-state index < -0.39 is 0 Å². The van der Waals surface area contributed by atoms with Gasteiger partial charge in [-0.3, -0.25) is 4.39 Å². The summed E-state index contributed by atoms with van der Waals surface area (Å²) in [6, 6.07) is 0. The fourth-order valence-corrected chi connectivity index (χ4v) is 0.641. The highest BCUT2D eigenvalue weighted by Gasteiger charge is 1.81. The highest BCUT2D eigenvalue weighted by molar-refractivity contribution is 4.79. The Morgan fingerprint density at radius 2 is 2.00 bits per heavy atom. The average molecular weight is 130 g/mol. The van der Waals surface area contributed by atoms with Crippen LogP contribution in [-0.2, 0) is 0 Å². The molecule has 0 rings (SSSR count). The molecule has 0 spiro atoms. The average Bonchev–Trinajstić information content (AvgIpc) is 1.89. The first-order valence-electron chi connectivity index (χ1n) is 3.62. The Morgan fingerprint density at radius 1 is 1.22 bits per heavy atom. The molecular weight excluding hydrogens is 115 g/mol. The van der Waals surface area contributed by atoms with Crippen molar-refractivity contribution in [1.82, 2.24) is 0 Å². The Bertz CT molecular complexity index is 67.0. The van der Waals surface area contributed by atoms with Gasteiger partial charge in [-0.15, -0.1) is 0 Å². The van der Waals surface area contributed by atoms with Crippen molar-refractivity contribution in [2.75, 3.05) is 6.67 Å². The number of rotatable bonds is 5. The standard InChI is InChI=1S/C8H15F/c1-2-3-4-5-6-7-8-9/h3-4H,2,5-8H2,1H3/b4-3+. The van der Waals surface area contributed by atoms with E-state index >= 15 is 0 Å². The lowest BCUT2D eigenvalue weighted by atomic mass is 10.2. The summed E-state index contributed by atoms with van der Waals surface area (Å²) >= 11 is 0. The summed E-state index contributed by atoms with van der Waals surface area (Å²) in [6.07, 6.45) is 8.09. The molecule has 0 aromatic heterocycles. The van der Waals surface area contributed by atoms with Gasteiger partial charge in [0.15, 0.2) is 0 Å². The van der Waals surface area contributed by atoms with Crippen LogP contribution in [0.3, 0.4) is 0 Å². The van der Waals surface area contributed by atoms with E-state index in [2.05, 4.69) is 19.1 Å². The Kier molecular flexibility index (Phi) is 7.39. The molecule has 0 unspecified atom stereocenters. The largest absolute Gasteiger partial charge is 0.251 e. The molecule has 0 saturated heterocycles. The molecule has 0 nitrogen and oxygen atoms in total. The Hall–Kier alpha value is -0.330. The summed E-state index contributed by atoms with van der Waals surface area (Å²) in [5.74, 6) is 0. The number of unbranched alkanes of at least 4 members (excludes halogenated alkanes) is 2. The van der Waals surface area contributed by atoms with Gasteiger partial charge in [0.2, 0.25) is 0 Å². The molecule has 0 saturated carbocycles. The van der Waals surface area contributed by atoms with Crippen molar-refractivity contribution in [2.45, 2.75) is 32.6 Å². The van der Waals surface area contributed by atoms with Crippen LogP contribution >= 0.6 is 0 Å². The van der Waals surface area contributed by atoms with Crippen molar-refractivity contribution in [3.63, 3.8) is 0 Å². The predicted molar refractivity (Wildman–Crippen MR) is 39.3 cm³/mol. The highest BCUT2D eigenvalue weighted by atomic mass is 19.1. The fraction of sp³-hybridized carbons (Fsp3) is 0.750. The normalized spacial score (nSPS) is 10.9. The number of hydrogen-bond acceptors (Lipinski definition) is 0. The van der Waals surface area contributed by atoms with Crippen LogP contribution in [0.5, 0.6) is 0 Å². The Morgan fingerprint density at radius 3 is 2.56 bits per heavy atom. The van der Waals surface area contributed by atoms with Crippen LogP contribution in [0.15, 0.2) is 12.2 Å². The lowest BCUT2D eigenvalue weighted by Crippen LogP contribution is -1.74. The van der Waals surface area contributed by atoms with Gasteiger partial charge in [0, 0.05) is 0 Å². The van der Waals surface area contributed by atoms with Crippen molar-refractivity contribution in [2.24, 2.45) is 0 Å². The second kappa shape index (κ2) is 7.67. The fourth-order valence-electron chi connectivity index (χ4n) is 0.641. The Labute approximate surface area is 56.8 Å². The summed E-state index contributed by atoms with van der Waals surface area (Å²) in [6.45, 7) is 1.94. The molecule has 0 aliphatic rings. The second-order valence-electron chi connectivity index (χ2n) is 2.06. The van der Waals surface area contributed by atoms with E-state index in [9.17, 15) is 4.39 Å². The number of allylic oxidation sites excluding steroid dienone is 2. The lowest BCUT2D eigenvalue weighted by Gasteiger charge is -1.88. The molecule has 0 heterocycles. The van der Waals surface area contributed by atoms with Crippen LogP contribution in [0.4, 0.5) is 4.39 Å². The first-order chi connectivity index (χ1) is 4.41. The molecule has 0 aliphatic heterocycles. The third-order valence-electron chi connectivity index (χ3n) is 1.16. The minimum Gasteiger partial charge on any atom is -0.251 e. The van der Waals surface area contributed by atoms with E-state index in [1.165, 1.54) is 0 Å². The Balaban J connectivity index is 2.82. The van der Waals surface area contributed by atoms with Crippen molar-refractivity contribution in [3.8, 4) is 0 Å². The van der Waals surface area contributed by atoms with Crippen LogP contribution < -0.4 is 0 Å². The van der Waals surface area contributed by atoms with E-state index in [1.807, 2.05) is 0 Å². The van der Waals surface area contributed by atoms with Gasteiger partial charge in [-0.05, 0) is 25.7 Å². The molecule has 0 amide bonds. The van der Waals surface area contributed by atoms with Gasteiger partial charge in [0.25, 0.3) is 0 Å². The molecule has 0 bridgehead atoms. The summed E-state index contributed by atoms with van der Waals surface area (Å²) in [5, 5.41) is 0. The van der Waals surface area contributed by atoms with E-state index in [1.54, 1.807) is 0 Å². The molecule has 0 radical (unpaired) electrons. The molecule has 0 N–H and O–H groups in total. The summed E-state index contributed by atoms with van der Waals surface area (Å²) in [4.78, 5) is 0. The third kappa shape index (κ3) is 7.67. The summed E-state index contributed by atoms with van der Waals surface area (Å²) in [5.41, 5.74) is 0. The van der Waals surface area contributed by atoms with E-state index in [-0.39, 0.29) is 6.67 Å². The van der Waals surface area contributed by atoms with Gasteiger partial charge in [0.1, 0.15) is 0 Å². The summed E-state index contributed by atoms with van der Waals surface area (Å²) in [7, 11) is 0. The molecule has 0 aromatic carbocycles. The van der Waals surface area contributed by atoms with Gasteiger partial charge in [-0.2, -0.15) is 0 Å². The van der Waals surface area contributed by atoms with Crippen LogP contribution in [0.25, 0.3) is 0 Å². The maximum Gasteiger partial charge on any atom is 0.0894 e. The van der Waals surface area contributed by atoms with E-state index in [0.29, 0.717) is 6.42 Å². The van der Waals surface area contributed by atoms with Crippen LogP contribution in [0, 0.1) is 0 Å². The predicted octanol–water partition coefficient (Wildman–Crippen LogP) is 3.09. The number of halogens is 1. The zero-order valence-corrected chi connectivity index (χ0v) is 6.07. The minimum absolute atomic E-state index is 0.167. The van der Waals surface area contributed by atoms with E-state index in [0.717, 1.165) is 19.3 Å². The van der Waals surface area contributed by atoms with Crippen molar-refractivity contribution < 1.29 is 4.39 Å². The smallest absolute Gasteiger partial charge is 0.0894 e. The van der Waals surface area contributed by atoms with Crippen LogP contribution in [-0.4, -0.2) is 6.67 Å². The molecule has 9 heavy (non-hydrogen) atoms.